The summed E-state index contributed by atoms with van der Waals surface area (Å²) in [5.41, 5.74) is 0.872. The van der Waals surface area contributed by atoms with Gasteiger partial charge in [-0.2, -0.15) is 0 Å². The third-order valence-corrected chi connectivity index (χ3v) is 3.92. The van der Waals surface area contributed by atoms with E-state index in [-0.39, 0.29) is 24.0 Å². The van der Waals surface area contributed by atoms with Gasteiger partial charge in [-0.25, -0.2) is 0 Å². The summed E-state index contributed by atoms with van der Waals surface area (Å²) in [7, 11) is 5.63. The van der Waals surface area contributed by atoms with Crippen molar-refractivity contribution < 1.29 is 4.74 Å². The maximum atomic E-state index is 5.07. The molecule has 0 saturated heterocycles. The number of nitrogens with zero attached hydrogens (tertiary/aromatic N) is 5. The maximum absolute atomic E-state index is 5.07. The van der Waals surface area contributed by atoms with Gasteiger partial charge >= 0.3 is 0 Å². The van der Waals surface area contributed by atoms with Crippen LogP contribution in [0.3, 0.4) is 0 Å². The Bertz CT molecular complexity index is 661. The molecule has 0 unspecified atom stereocenters. The number of aliphatic imine (C=N–C) groups is 1. The van der Waals surface area contributed by atoms with Crippen molar-refractivity contribution in [3.8, 4) is 0 Å². The molecule has 9 heteroatoms. The molecule has 0 aromatic carbocycles. The Morgan fingerprint density at radius 1 is 1.23 bits per heavy atom. The van der Waals surface area contributed by atoms with Crippen LogP contribution >= 0.6 is 24.0 Å². The minimum atomic E-state index is 0. The Kier molecular flexibility index (Phi) is 11.1. The van der Waals surface area contributed by atoms with E-state index in [1.54, 1.807) is 14.2 Å². The number of halogens is 1. The van der Waals surface area contributed by atoms with Gasteiger partial charge in [0.05, 0.1) is 0 Å². The van der Waals surface area contributed by atoms with Crippen LogP contribution in [0.25, 0.3) is 5.65 Å². The number of rotatable bonds is 10. The second kappa shape index (κ2) is 12.8. The van der Waals surface area contributed by atoms with Crippen LogP contribution in [0.5, 0.6) is 0 Å². The van der Waals surface area contributed by atoms with E-state index in [1.807, 2.05) is 28.8 Å². The summed E-state index contributed by atoms with van der Waals surface area (Å²) in [6.45, 7) is 4.38. The van der Waals surface area contributed by atoms with Crippen LogP contribution in [-0.2, 0) is 11.2 Å². The highest BCUT2D eigenvalue weighted by Crippen LogP contribution is 2.02. The van der Waals surface area contributed by atoms with E-state index in [0.29, 0.717) is 0 Å². The van der Waals surface area contributed by atoms with Crippen molar-refractivity contribution in [2.45, 2.75) is 12.8 Å². The van der Waals surface area contributed by atoms with E-state index in [0.717, 1.165) is 63.1 Å². The molecule has 0 bridgehead atoms. The smallest absolute Gasteiger partial charge is 0.191 e. The van der Waals surface area contributed by atoms with E-state index < -0.39 is 0 Å². The Hall–Kier alpha value is -1.46. The normalized spacial score (nSPS) is 11.6. The van der Waals surface area contributed by atoms with Crippen LogP contribution in [0.4, 0.5) is 0 Å². The van der Waals surface area contributed by atoms with Crippen molar-refractivity contribution in [3.05, 3.63) is 30.2 Å². The number of ether oxygens (including phenoxy) is 1. The number of pyridine rings is 1. The van der Waals surface area contributed by atoms with Crippen molar-refractivity contribution in [2.24, 2.45) is 4.99 Å². The SMILES string of the molecule is CN=C(NCCc1nnc2ccccn12)NCCN(C)CCCOC.I. The molecule has 0 atom stereocenters. The lowest BCUT2D eigenvalue weighted by Gasteiger charge is -2.18. The highest BCUT2D eigenvalue weighted by molar-refractivity contribution is 14.0. The molecule has 2 aromatic heterocycles. The van der Waals surface area contributed by atoms with E-state index in [4.69, 9.17) is 4.74 Å². The Balaban J connectivity index is 0.00000338. The largest absolute Gasteiger partial charge is 0.385 e. The molecule has 26 heavy (non-hydrogen) atoms. The molecule has 0 amide bonds. The average Bonchev–Trinajstić information content (AvgIpc) is 3.04. The highest BCUT2D eigenvalue weighted by Gasteiger charge is 2.05. The lowest BCUT2D eigenvalue weighted by molar-refractivity contribution is 0.180. The number of nitrogens with one attached hydrogen (secondary N) is 2. The molecule has 2 rings (SSSR count). The molecule has 0 aliphatic rings. The monoisotopic (exact) mass is 475 g/mol. The number of aromatic nitrogens is 3. The number of hydrogen-bond donors (Lipinski definition) is 2. The van der Waals surface area contributed by atoms with Crippen molar-refractivity contribution in [2.75, 3.05) is 54.0 Å². The van der Waals surface area contributed by atoms with E-state index >= 15 is 0 Å². The average molecular weight is 475 g/mol. The highest BCUT2D eigenvalue weighted by atomic mass is 127. The van der Waals surface area contributed by atoms with Gasteiger partial charge < -0.3 is 20.3 Å². The number of likely N-dealkylation sites (N-methyl/N-ethyl adjacent to an activating group) is 1. The van der Waals surface area contributed by atoms with Gasteiger partial charge in [0.15, 0.2) is 11.6 Å². The zero-order valence-electron chi connectivity index (χ0n) is 15.8. The quantitative estimate of drug-likeness (QED) is 0.231. The fourth-order valence-electron chi connectivity index (χ4n) is 2.53. The van der Waals surface area contributed by atoms with E-state index in [1.165, 1.54) is 0 Å². The summed E-state index contributed by atoms with van der Waals surface area (Å²) < 4.78 is 7.08. The predicted molar refractivity (Wildman–Crippen MR) is 115 cm³/mol. The summed E-state index contributed by atoms with van der Waals surface area (Å²) in [5.74, 6) is 1.75. The fourth-order valence-corrected chi connectivity index (χ4v) is 2.53. The molecule has 0 radical (unpaired) electrons. The third kappa shape index (κ3) is 7.42. The first-order valence-electron chi connectivity index (χ1n) is 8.65. The first-order chi connectivity index (χ1) is 12.2. The summed E-state index contributed by atoms with van der Waals surface area (Å²) in [6.07, 6.45) is 3.81. The molecule has 146 valence electrons. The van der Waals surface area contributed by atoms with Gasteiger partial charge in [-0.05, 0) is 25.6 Å². The zero-order chi connectivity index (χ0) is 17.9. The molecule has 0 saturated carbocycles. The second-order valence-electron chi connectivity index (χ2n) is 5.87. The molecule has 2 aromatic rings. The van der Waals surface area contributed by atoms with Gasteiger partial charge in [0.25, 0.3) is 0 Å². The second-order valence-corrected chi connectivity index (χ2v) is 5.87. The van der Waals surface area contributed by atoms with Crippen LogP contribution in [0, 0.1) is 0 Å². The number of guanidine groups is 1. The third-order valence-electron chi connectivity index (χ3n) is 3.92. The summed E-state index contributed by atoms with van der Waals surface area (Å²) >= 11 is 0. The first-order valence-corrected chi connectivity index (χ1v) is 8.65. The standard InChI is InChI=1S/C17H29N7O.HI/c1-18-17(20-10-13-23(2)11-6-14-25-3)19-9-8-16-22-21-15-7-4-5-12-24(15)16;/h4-5,7,12H,6,8-11,13-14H2,1-3H3,(H2,18,19,20);1H. The van der Waals surface area contributed by atoms with Crippen LogP contribution in [0.1, 0.15) is 12.2 Å². The molecule has 2 N–H and O–H groups in total. The van der Waals surface area contributed by atoms with Crippen molar-refractivity contribution in [3.63, 3.8) is 0 Å². The van der Waals surface area contributed by atoms with E-state index in [2.05, 4.69) is 37.8 Å². The summed E-state index contributed by atoms with van der Waals surface area (Å²) in [5, 5.41) is 15.0. The molecule has 8 nitrogen and oxygen atoms in total. The molecule has 2 heterocycles. The predicted octanol–water partition coefficient (Wildman–Crippen LogP) is 1.02. The van der Waals surface area contributed by atoms with Crippen molar-refractivity contribution >= 4 is 35.6 Å². The fraction of sp³-hybridized carbons (Fsp3) is 0.588. The molecule has 0 spiro atoms. The maximum Gasteiger partial charge on any atom is 0.191 e. The minimum Gasteiger partial charge on any atom is -0.385 e. The number of methoxy groups -OCH3 is 1. The Morgan fingerprint density at radius 3 is 2.81 bits per heavy atom. The first kappa shape index (κ1) is 22.6. The topological polar surface area (TPSA) is 79.1 Å². The van der Waals surface area contributed by atoms with Gasteiger partial charge in [0.2, 0.25) is 0 Å². The van der Waals surface area contributed by atoms with Crippen LogP contribution < -0.4 is 10.6 Å². The van der Waals surface area contributed by atoms with Crippen molar-refractivity contribution in [1.29, 1.82) is 0 Å². The molecular formula is C17H30IN7O. The van der Waals surface area contributed by atoms with Crippen LogP contribution in [0.2, 0.25) is 0 Å². The zero-order valence-corrected chi connectivity index (χ0v) is 18.1. The van der Waals surface area contributed by atoms with Gasteiger partial charge in [-0.15, -0.1) is 34.2 Å². The minimum absolute atomic E-state index is 0. The molecule has 0 fully saturated rings. The molecule has 0 aliphatic carbocycles. The van der Waals surface area contributed by atoms with Crippen LogP contribution in [-0.4, -0.2) is 79.4 Å². The molecular weight excluding hydrogens is 445 g/mol. The van der Waals surface area contributed by atoms with Gasteiger partial charge in [-0.3, -0.25) is 9.39 Å². The van der Waals surface area contributed by atoms with Crippen LogP contribution in [0.15, 0.2) is 29.4 Å². The Morgan fingerprint density at radius 2 is 2.04 bits per heavy atom. The van der Waals surface area contributed by atoms with Gasteiger partial charge in [-0.1, -0.05) is 6.07 Å². The lowest BCUT2D eigenvalue weighted by atomic mass is 10.4. The lowest BCUT2D eigenvalue weighted by Crippen LogP contribution is -2.41. The summed E-state index contributed by atoms with van der Waals surface area (Å²) in [4.78, 5) is 6.53. The van der Waals surface area contributed by atoms with E-state index in [9.17, 15) is 0 Å². The Labute approximate surface area is 172 Å². The van der Waals surface area contributed by atoms with Crippen molar-refractivity contribution in [1.82, 2.24) is 30.1 Å². The summed E-state index contributed by atoms with van der Waals surface area (Å²) in [6, 6.07) is 5.90. The molecule has 0 aliphatic heterocycles. The number of fused-ring (bicyclic) bond motifs is 1. The van der Waals surface area contributed by atoms with Gasteiger partial charge in [0, 0.05) is 59.6 Å². The number of hydrogen-bond acceptors (Lipinski definition) is 5. The van der Waals surface area contributed by atoms with Gasteiger partial charge in [0.1, 0.15) is 5.82 Å².